The van der Waals surface area contributed by atoms with Gasteiger partial charge in [0.05, 0.1) is 12.5 Å². The first-order chi connectivity index (χ1) is 10.0. The largest absolute Gasteiger partial charge is 0.383 e. The molecule has 2 saturated heterocycles. The van der Waals surface area contributed by atoms with Gasteiger partial charge in [0.2, 0.25) is 11.8 Å². The fourth-order valence-electron chi connectivity index (χ4n) is 3.37. The molecule has 0 aromatic carbocycles. The normalized spacial score (nSPS) is 28.0. The average Bonchev–Trinajstić information content (AvgIpc) is 2.85. The molecule has 2 N–H and O–H groups in total. The van der Waals surface area contributed by atoms with Gasteiger partial charge in [-0.2, -0.15) is 0 Å². The van der Waals surface area contributed by atoms with Crippen LogP contribution in [0.3, 0.4) is 0 Å². The predicted molar refractivity (Wildman–Crippen MR) is 79.6 cm³/mol. The third kappa shape index (κ3) is 3.74. The molecule has 6 heteroatoms. The molecule has 2 rings (SSSR count). The van der Waals surface area contributed by atoms with Crippen LogP contribution in [0, 0.1) is 5.92 Å². The lowest BCUT2D eigenvalue weighted by Gasteiger charge is -2.39. The molecule has 21 heavy (non-hydrogen) atoms. The van der Waals surface area contributed by atoms with Crippen LogP contribution in [-0.4, -0.2) is 67.0 Å². The number of nitrogens with two attached hydrogens (primary N) is 1. The highest BCUT2D eigenvalue weighted by atomic mass is 16.5. The van der Waals surface area contributed by atoms with Crippen molar-refractivity contribution in [2.75, 3.05) is 33.4 Å². The second kappa shape index (κ2) is 7.22. The predicted octanol–water partition coefficient (Wildman–Crippen LogP) is 0.210. The molecule has 0 radical (unpaired) electrons. The Morgan fingerprint density at radius 2 is 2.24 bits per heavy atom. The van der Waals surface area contributed by atoms with Crippen LogP contribution >= 0.6 is 0 Å². The van der Waals surface area contributed by atoms with Gasteiger partial charge in [0.25, 0.3) is 0 Å². The van der Waals surface area contributed by atoms with E-state index in [4.69, 9.17) is 10.5 Å². The Labute approximate surface area is 126 Å². The summed E-state index contributed by atoms with van der Waals surface area (Å²) in [6.45, 7) is 4.33. The van der Waals surface area contributed by atoms with Crippen molar-refractivity contribution in [1.29, 1.82) is 0 Å². The van der Waals surface area contributed by atoms with Crippen molar-refractivity contribution in [3.05, 3.63) is 0 Å². The van der Waals surface area contributed by atoms with Crippen LogP contribution in [0.4, 0.5) is 0 Å². The van der Waals surface area contributed by atoms with E-state index >= 15 is 0 Å². The molecule has 0 aliphatic carbocycles. The Kier molecular flexibility index (Phi) is 5.58. The fourth-order valence-corrected chi connectivity index (χ4v) is 3.37. The molecule has 2 aliphatic heterocycles. The highest BCUT2D eigenvalue weighted by Gasteiger charge is 2.39. The lowest BCUT2D eigenvalue weighted by atomic mass is 9.94. The highest BCUT2D eigenvalue weighted by molar-refractivity contribution is 5.89. The van der Waals surface area contributed by atoms with E-state index < -0.39 is 0 Å². The van der Waals surface area contributed by atoms with Crippen LogP contribution < -0.4 is 5.73 Å². The number of carbonyl (C=O) groups is 2. The van der Waals surface area contributed by atoms with Crippen LogP contribution in [0.15, 0.2) is 0 Å². The van der Waals surface area contributed by atoms with Crippen molar-refractivity contribution in [2.24, 2.45) is 11.7 Å². The number of ether oxygens (including phenoxy) is 1. The van der Waals surface area contributed by atoms with Gasteiger partial charge in [0, 0.05) is 45.2 Å². The van der Waals surface area contributed by atoms with Crippen molar-refractivity contribution in [2.45, 2.75) is 44.7 Å². The minimum Gasteiger partial charge on any atom is -0.383 e. The van der Waals surface area contributed by atoms with Gasteiger partial charge in [-0.1, -0.05) is 0 Å². The molecule has 6 nitrogen and oxygen atoms in total. The van der Waals surface area contributed by atoms with Gasteiger partial charge in [-0.3, -0.25) is 9.59 Å². The molecule has 0 bridgehead atoms. The van der Waals surface area contributed by atoms with Gasteiger partial charge < -0.3 is 20.3 Å². The molecular weight excluding hydrogens is 270 g/mol. The summed E-state index contributed by atoms with van der Waals surface area (Å²) >= 11 is 0. The topological polar surface area (TPSA) is 75.9 Å². The molecule has 2 amide bonds. The van der Waals surface area contributed by atoms with E-state index in [9.17, 15) is 9.59 Å². The van der Waals surface area contributed by atoms with Crippen molar-refractivity contribution in [3.8, 4) is 0 Å². The number of amides is 2. The Balaban J connectivity index is 1.97. The van der Waals surface area contributed by atoms with E-state index in [1.54, 1.807) is 12.0 Å². The molecule has 3 atom stereocenters. The average molecular weight is 297 g/mol. The summed E-state index contributed by atoms with van der Waals surface area (Å²) in [5.74, 6) is -0.0567. The van der Waals surface area contributed by atoms with Gasteiger partial charge in [-0.15, -0.1) is 0 Å². The maximum atomic E-state index is 12.7. The number of hydrogen-bond acceptors (Lipinski definition) is 4. The number of rotatable bonds is 5. The number of piperidine rings is 1. The zero-order valence-corrected chi connectivity index (χ0v) is 13.1. The lowest BCUT2D eigenvalue weighted by molar-refractivity contribution is -0.139. The minimum atomic E-state index is -0.214. The van der Waals surface area contributed by atoms with Crippen LogP contribution in [0.25, 0.3) is 0 Å². The van der Waals surface area contributed by atoms with Crippen molar-refractivity contribution in [1.82, 2.24) is 9.80 Å². The highest BCUT2D eigenvalue weighted by Crippen LogP contribution is 2.25. The Bertz CT molecular complexity index is 386. The maximum Gasteiger partial charge on any atom is 0.228 e. The van der Waals surface area contributed by atoms with Crippen molar-refractivity contribution >= 4 is 11.8 Å². The molecule has 0 aromatic heterocycles. The van der Waals surface area contributed by atoms with Gasteiger partial charge in [0.15, 0.2) is 0 Å². The summed E-state index contributed by atoms with van der Waals surface area (Å²) < 4.78 is 5.01. The van der Waals surface area contributed by atoms with Gasteiger partial charge >= 0.3 is 0 Å². The quantitative estimate of drug-likeness (QED) is 0.787. The minimum absolute atomic E-state index is 0.0176. The molecule has 120 valence electrons. The first-order valence-corrected chi connectivity index (χ1v) is 7.87. The molecular formula is C15H27N3O3. The summed E-state index contributed by atoms with van der Waals surface area (Å²) in [5, 5.41) is 0. The Hall–Kier alpha value is -1.14. The zero-order valence-electron chi connectivity index (χ0n) is 13.1. The van der Waals surface area contributed by atoms with Crippen LogP contribution in [-0.2, 0) is 14.3 Å². The number of nitrogens with zero attached hydrogens (tertiary/aromatic N) is 2. The number of likely N-dealkylation sites (tertiary alicyclic amines) is 2. The van der Waals surface area contributed by atoms with E-state index in [0.717, 1.165) is 25.8 Å². The SMILES string of the molecule is COCCN1CC(C(=O)N2CCCCC2C(C)N)CC1=O. The molecule has 0 saturated carbocycles. The molecule has 2 heterocycles. The molecule has 0 spiro atoms. The fraction of sp³-hybridized carbons (Fsp3) is 0.867. The van der Waals surface area contributed by atoms with Crippen LogP contribution in [0.1, 0.15) is 32.6 Å². The van der Waals surface area contributed by atoms with E-state index in [0.29, 0.717) is 26.1 Å². The van der Waals surface area contributed by atoms with Gasteiger partial charge in [-0.25, -0.2) is 0 Å². The second-order valence-electron chi connectivity index (χ2n) is 6.19. The Morgan fingerprint density at radius 3 is 2.90 bits per heavy atom. The van der Waals surface area contributed by atoms with E-state index in [2.05, 4.69) is 0 Å². The summed E-state index contributed by atoms with van der Waals surface area (Å²) in [7, 11) is 1.62. The summed E-state index contributed by atoms with van der Waals surface area (Å²) in [4.78, 5) is 28.4. The van der Waals surface area contributed by atoms with Crippen LogP contribution in [0.5, 0.6) is 0 Å². The summed E-state index contributed by atoms with van der Waals surface area (Å²) in [6.07, 6.45) is 3.45. The number of hydrogen-bond donors (Lipinski definition) is 1. The molecule has 3 unspecified atom stereocenters. The first kappa shape index (κ1) is 16.2. The zero-order chi connectivity index (χ0) is 15.4. The molecule has 0 aromatic rings. The lowest BCUT2D eigenvalue weighted by Crippen LogP contribution is -2.53. The summed E-state index contributed by atoms with van der Waals surface area (Å²) in [6, 6.07) is 0.102. The number of methoxy groups -OCH3 is 1. The second-order valence-corrected chi connectivity index (χ2v) is 6.19. The third-order valence-corrected chi connectivity index (χ3v) is 4.57. The monoisotopic (exact) mass is 297 g/mol. The standard InChI is InChI=1S/C15H27N3O3/c1-11(16)13-5-3-4-6-18(13)15(20)12-9-14(19)17(10-12)7-8-21-2/h11-13H,3-10,16H2,1-2H3. The molecule has 2 aliphatic rings. The van der Waals surface area contributed by atoms with Crippen LogP contribution in [0.2, 0.25) is 0 Å². The van der Waals surface area contributed by atoms with Gasteiger partial charge in [0.1, 0.15) is 0 Å². The molecule has 2 fully saturated rings. The summed E-state index contributed by atoms with van der Waals surface area (Å²) in [5.41, 5.74) is 6.03. The van der Waals surface area contributed by atoms with E-state index in [-0.39, 0.29) is 29.8 Å². The van der Waals surface area contributed by atoms with Crippen molar-refractivity contribution in [3.63, 3.8) is 0 Å². The smallest absolute Gasteiger partial charge is 0.228 e. The first-order valence-electron chi connectivity index (χ1n) is 7.87. The number of carbonyl (C=O) groups excluding carboxylic acids is 2. The van der Waals surface area contributed by atoms with Gasteiger partial charge in [-0.05, 0) is 26.2 Å². The maximum absolute atomic E-state index is 12.7. The Morgan fingerprint density at radius 1 is 1.48 bits per heavy atom. The van der Waals surface area contributed by atoms with E-state index in [1.165, 1.54) is 0 Å². The van der Waals surface area contributed by atoms with E-state index in [1.807, 2.05) is 11.8 Å². The van der Waals surface area contributed by atoms with Crippen molar-refractivity contribution < 1.29 is 14.3 Å². The third-order valence-electron chi connectivity index (χ3n) is 4.57.